The van der Waals surface area contributed by atoms with Crippen molar-refractivity contribution in [2.45, 2.75) is 0 Å². The maximum atomic E-state index is 10.8. The minimum atomic E-state index is -0.909. The summed E-state index contributed by atoms with van der Waals surface area (Å²) in [4.78, 5) is 12.9. The second-order valence-corrected chi connectivity index (χ2v) is 4.54. The number of anilines is 1. The monoisotopic (exact) mass is 255 g/mol. The number of hydrogen-bond donors (Lipinski definition) is 1. The van der Waals surface area contributed by atoms with Crippen molar-refractivity contribution < 1.29 is 14.6 Å². The summed E-state index contributed by atoms with van der Waals surface area (Å²) in [5, 5.41) is 8.88. The van der Waals surface area contributed by atoms with Crippen LogP contribution in [-0.2, 0) is 0 Å². The summed E-state index contributed by atoms with van der Waals surface area (Å²) >= 11 is 0. The van der Waals surface area contributed by atoms with Gasteiger partial charge < -0.3 is 14.7 Å². The second-order valence-electron chi connectivity index (χ2n) is 4.54. The van der Waals surface area contributed by atoms with Gasteiger partial charge in [-0.25, -0.2) is 4.79 Å². The Morgan fingerprint density at radius 1 is 1.16 bits per heavy atom. The molecule has 1 aliphatic rings. The molecule has 2 aromatic rings. The average Bonchev–Trinajstić information content (AvgIpc) is 2.80. The van der Waals surface area contributed by atoms with Crippen LogP contribution in [0.1, 0.15) is 10.4 Å². The van der Waals surface area contributed by atoms with Crippen LogP contribution in [0.3, 0.4) is 0 Å². The Morgan fingerprint density at radius 3 is 2.53 bits per heavy atom. The average molecular weight is 255 g/mol. The van der Waals surface area contributed by atoms with Gasteiger partial charge in [-0.2, -0.15) is 0 Å². The van der Waals surface area contributed by atoms with Gasteiger partial charge in [-0.15, -0.1) is 0 Å². The molecule has 0 saturated carbocycles. The second kappa shape index (κ2) is 4.31. The van der Waals surface area contributed by atoms with Crippen LogP contribution in [0.25, 0.3) is 11.1 Å². The molecule has 0 spiro atoms. The van der Waals surface area contributed by atoms with Crippen LogP contribution in [0.5, 0.6) is 5.75 Å². The van der Waals surface area contributed by atoms with Crippen LogP contribution in [0, 0.1) is 0 Å². The highest BCUT2D eigenvalue weighted by molar-refractivity contribution is 5.88. The van der Waals surface area contributed by atoms with Crippen molar-refractivity contribution in [3.8, 4) is 16.9 Å². The molecule has 0 radical (unpaired) electrons. The summed E-state index contributed by atoms with van der Waals surface area (Å²) in [5.74, 6) is -0.0259. The predicted octanol–water partition coefficient (Wildman–Crippen LogP) is 2.84. The zero-order chi connectivity index (χ0) is 13.4. The van der Waals surface area contributed by atoms with Gasteiger partial charge in [0.2, 0.25) is 0 Å². The Bertz CT molecular complexity index is 634. The molecule has 0 fully saturated rings. The summed E-state index contributed by atoms with van der Waals surface area (Å²) in [5.41, 5.74) is 3.39. The molecule has 3 rings (SSSR count). The Balaban J connectivity index is 1.98. The van der Waals surface area contributed by atoms with E-state index in [2.05, 4.69) is 6.07 Å². The van der Waals surface area contributed by atoms with Crippen molar-refractivity contribution in [1.82, 2.24) is 0 Å². The normalized spacial score (nSPS) is 13.0. The quantitative estimate of drug-likeness (QED) is 0.896. The van der Waals surface area contributed by atoms with Gasteiger partial charge >= 0.3 is 5.97 Å². The van der Waals surface area contributed by atoms with Gasteiger partial charge in [-0.1, -0.05) is 18.2 Å². The van der Waals surface area contributed by atoms with E-state index in [1.54, 1.807) is 12.1 Å². The van der Waals surface area contributed by atoms with E-state index in [1.165, 1.54) is 0 Å². The first-order chi connectivity index (χ1) is 9.15. The van der Waals surface area contributed by atoms with E-state index in [4.69, 9.17) is 9.84 Å². The molecule has 0 unspecified atom stereocenters. The van der Waals surface area contributed by atoms with Crippen LogP contribution in [0.15, 0.2) is 42.5 Å². The minimum Gasteiger partial charge on any atom is -0.478 e. The number of aromatic carboxylic acids is 1. The van der Waals surface area contributed by atoms with E-state index < -0.39 is 5.97 Å². The molecular weight excluding hydrogens is 242 g/mol. The number of ether oxygens (including phenoxy) is 1. The third-order valence-electron chi connectivity index (χ3n) is 3.25. The summed E-state index contributed by atoms with van der Waals surface area (Å²) in [6, 6.07) is 12.9. The maximum Gasteiger partial charge on any atom is 0.335 e. The molecule has 96 valence electrons. The summed E-state index contributed by atoms with van der Waals surface area (Å²) in [6.07, 6.45) is 0. The van der Waals surface area contributed by atoms with E-state index in [0.29, 0.717) is 12.3 Å². The lowest BCUT2D eigenvalue weighted by Gasteiger charge is -2.09. The molecule has 0 bridgehead atoms. The standard InChI is InChI=1S/C15H13NO3/c1-16-9-19-14-7-6-12(8-13(14)16)10-2-4-11(5-3-10)15(17)18/h2-8H,9H2,1H3,(H,17,18). The third-order valence-corrected chi connectivity index (χ3v) is 3.25. The molecular formula is C15H13NO3. The van der Waals surface area contributed by atoms with Crippen LogP contribution in [-0.4, -0.2) is 24.9 Å². The predicted molar refractivity (Wildman–Crippen MR) is 72.7 cm³/mol. The lowest BCUT2D eigenvalue weighted by Crippen LogP contribution is -2.14. The number of hydrogen-bond acceptors (Lipinski definition) is 3. The first kappa shape index (κ1) is 11.6. The topological polar surface area (TPSA) is 49.8 Å². The largest absolute Gasteiger partial charge is 0.478 e. The first-order valence-electron chi connectivity index (χ1n) is 5.97. The zero-order valence-corrected chi connectivity index (χ0v) is 10.5. The molecule has 2 aromatic carbocycles. The fraction of sp³-hybridized carbons (Fsp3) is 0.133. The van der Waals surface area contributed by atoms with Crippen LogP contribution < -0.4 is 9.64 Å². The molecule has 1 N–H and O–H groups in total. The number of rotatable bonds is 2. The number of nitrogens with zero attached hydrogens (tertiary/aromatic N) is 1. The maximum absolute atomic E-state index is 10.8. The van der Waals surface area contributed by atoms with Gasteiger partial charge in [0.15, 0.2) is 6.73 Å². The third kappa shape index (κ3) is 2.01. The Hall–Kier alpha value is -2.49. The number of carbonyl (C=O) groups is 1. The van der Waals surface area contributed by atoms with E-state index in [0.717, 1.165) is 22.6 Å². The Morgan fingerprint density at radius 2 is 1.84 bits per heavy atom. The van der Waals surface area contributed by atoms with Gasteiger partial charge in [-0.3, -0.25) is 0 Å². The summed E-state index contributed by atoms with van der Waals surface area (Å²) in [7, 11) is 1.98. The molecule has 0 aliphatic carbocycles. The molecule has 4 heteroatoms. The van der Waals surface area contributed by atoms with Crippen molar-refractivity contribution in [2.24, 2.45) is 0 Å². The summed E-state index contributed by atoms with van der Waals surface area (Å²) < 4.78 is 5.50. The highest BCUT2D eigenvalue weighted by Gasteiger charge is 2.17. The number of benzene rings is 2. The van der Waals surface area contributed by atoms with E-state index in [-0.39, 0.29) is 0 Å². The van der Waals surface area contributed by atoms with Crippen molar-refractivity contribution in [3.63, 3.8) is 0 Å². The van der Waals surface area contributed by atoms with Gasteiger partial charge in [0.05, 0.1) is 11.3 Å². The van der Waals surface area contributed by atoms with Crippen LogP contribution in [0.2, 0.25) is 0 Å². The summed E-state index contributed by atoms with van der Waals surface area (Å²) in [6.45, 7) is 0.566. The molecule has 0 amide bonds. The Kier molecular flexibility index (Phi) is 2.63. The molecule has 1 heterocycles. The van der Waals surface area contributed by atoms with Crippen LogP contribution >= 0.6 is 0 Å². The lowest BCUT2D eigenvalue weighted by atomic mass is 10.0. The van der Waals surface area contributed by atoms with Crippen molar-refractivity contribution in [1.29, 1.82) is 0 Å². The minimum absolute atomic E-state index is 0.297. The van der Waals surface area contributed by atoms with Gasteiger partial charge in [0.1, 0.15) is 5.75 Å². The molecule has 1 aliphatic heterocycles. The van der Waals surface area contributed by atoms with Crippen molar-refractivity contribution in [3.05, 3.63) is 48.0 Å². The molecule has 0 saturated heterocycles. The molecule has 4 nitrogen and oxygen atoms in total. The molecule has 19 heavy (non-hydrogen) atoms. The number of carboxylic acids is 1. The lowest BCUT2D eigenvalue weighted by molar-refractivity contribution is 0.0697. The Labute approximate surface area is 110 Å². The van der Waals surface area contributed by atoms with E-state index in [9.17, 15) is 4.79 Å². The zero-order valence-electron chi connectivity index (χ0n) is 10.5. The number of carboxylic acid groups (broad SMARTS) is 1. The molecule has 0 aromatic heterocycles. The fourth-order valence-corrected chi connectivity index (χ4v) is 2.16. The van der Waals surface area contributed by atoms with Gasteiger partial charge in [0.25, 0.3) is 0 Å². The first-order valence-corrected chi connectivity index (χ1v) is 5.97. The van der Waals surface area contributed by atoms with Gasteiger partial charge in [-0.05, 0) is 35.4 Å². The SMILES string of the molecule is CN1COc2ccc(-c3ccc(C(=O)O)cc3)cc21. The van der Waals surface area contributed by atoms with Crippen LogP contribution in [0.4, 0.5) is 5.69 Å². The van der Waals surface area contributed by atoms with Crippen molar-refractivity contribution >= 4 is 11.7 Å². The highest BCUT2D eigenvalue weighted by atomic mass is 16.5. The van der Waals surface area contributed by atoms with E-state index >= 15 is 0 Å². The number of fused-ring (bicyclic) bond motifs is 1. The fourth-order valence-electron chi connectivity index (χ4n) is 2.16. The smallest absolute Gasteiger partial charge is 0.335 e. The van der Waals surface area contributed by atoms with Crippen molar-refractivity contribution in [2.75, 3.05) is 18.7 Å². The highest BCUT2D eigenvalue weighted by Crippen LogP contribution is 2.36. The van der Waals surface area contributed by atoms with E-state index in [1.807, 2.05) is 36.2 Å². The molecule has 0 atom stereocenters. The van der Waals surface area contributed by atoms with Gasteiger partial charge in [0, 0.05) is 7.05 Å².